The van der Waals surface area contributed by atoms with Crippen molar-refractivity contribution in [1.82, 2.24) is 15.5 Å². The molecule has 0 radical (unpaired) electrons. The van der Waals surface area contributed by atoms with Gasteiger partial charge >= 0.3 is 0 Å². The van der Waals surface area contributed by atoms with Crippen LogP contribution in [0.15, 0.2) is 4.47 Å². The number of rotatable bonds is 4. The summed E-state index contributed by atoms with van der Waals surface area (Å²) in [6.45, 7) is 6.86. The zero-order valence-electron chi connectivity index (χ0n) is 11.5. The van der Waals surface area contributed by atoms with Crippen LogP contribution in [0.5, 0.6) is 0 Å². The summed E-state index contributed by atoms with van der Waals surface area (Å²) in [5.74, 6) is 0.122. The van der Waals surface area contributed by atoms with Gasteiger partial charge in [-0.15, -0.1) is 0 Å². The largest absolute Gasteiger partial charge is 0.376 e. The Morgan fingerprint density at radius 3 is 2.79 bits per heavy atom. The van der Waals surface area contributed by atoms with Gasteiger partial charge in [0.2, 0.25) is 0 Å². The van der Waals surface area contributed by atoms with Gasteiger partial charge in [0.15, 0.2) is 5.69 Å². The first kappa shape index (κ1) is 14.5. The van der Waals surface area contributed by atoms with Gasteiger partial charge in [-0.3, -0.25) is 9.89 Å². The third-order valence-corrected chi connectivity index (χ3v) is 4.21. The topological polar surface area (TPSA) is 67.0 Å². The van der Waals surface area contributed by atoms with Crippen LogP contribution in [-0.2, 0) is 4.74 Å². The van der Waals surface area contributed by atoms with Crippen molar-refractivity contribution >= 4 is 21.8 Å². The van der Waals surface area contributed by atoms with E-state index in [-0.39, 0.29) is 18.1 Å². The van der Waals surface area contributed by atoms with Crippen molar-refractivity contribution in [2.45, 2.75) is 51.7 Å². The van der Waals surface area contributed by atoms with Gasteiger partial charge in [0.25, 0.3) is 5.91 Å². The Balaban J connectivity index is 2.03. The molecule has 2 atom stereocenters. The van der Waals surface area contributed by atoms with Gasteiger partial charge in [-0.25, -0.2) is 0 Å². The minimum atomic E-state index is -0.168. The molecule has 0 bridgehead atoms. The Hall–Kier alpha value is -0.880. The van der Waals surface area contributed by atoms with Gasteiger partial charge in [-0.2, -0.15) is 5.10 Å². The molecule has 1 amide bonds. The summed E-state index contributed by atoms with van der Waals surface area (Å²) >= 11 is 3.44. The van der Waals surface area contributed by atoms with E-state index < -0.39 is 0 Å². The van der Waals surface area contributed by atoms with Crippen molar-refractivity contribution in [3.8, 4) is 0 Å². The summed E-state index contributed by atoms with van der Waals surface area (Å²) < 4.78 is 6.32. The van der Waals surface area contributed by atoms with Crippen LogP contribution in [0.25, 0.3) is 0 Å². The fourth-order valence-electron chi connectivity index (χ4n) is 2.24. The molecule has 1 aliphatic heterocycles. The fourth-order valence-corrected chi connectivity index (χ4v) is 3.06. The quantitative estimate of drug-likeness (QED) is 0.892. The van der Waals surface area contributed by atoms with Gasteiger partial charge in [0.05, 0.1) is 22.3 Å². The number of carbonyl (C=O) groups is 1. The molecule has 6 heteroatoms. The number of carbonyl (C=O) groups excluding carboxylic acids is 1. The lowest BCUT2D eigenvalue weighted by molar-refractivity contribution is 0.0709. The molecule has 0 spiro atoms. The summed E-state index contributed by atoms with van der Waals surface area (Å²) in [5, 5.41) is 9.95. The number of aromatic amines is 1. The standard InChI is InChI=1S/C13H20BrN3O2/c1-7(2)11-10(14)12(17-16-11)13(18)15-8(3)9-5-4-6-19-9/h7-9H,4-6H2,1-3H3,(H,15,18)(H,16,17). The van der Waals surface area contributed by atoms with Crippen LogP contribution >= 0.6 is 15.9 Å². The Bertz CT molecular complexity index is 453. The lowest BCUT2D eigenvalue weighted by atomic mass is 10.1. The maximum atomic E-state index is 12.2. The Kier molecular flexibility index (Phi) is 4.62. The molecular weight excluding hydrogens is 310 g/mol. The third kappa shape index (κ3) is 3.17. The van der Waals surface area contributed by atoms with Crippen molar-refractivity contribution in [2.75, 3.05) is 6.61 Å². The Morgan fingerprint density at radius 1 is 1.53 bits per heavy atom. The van der Waals surface area contributed by atoms with Crippen LogP contribution in [0.1, 0.15) is 55.7 Å². The van der Waals surface area contributed by atoms with E-state index in [1.165, 1.54) is 0 Å². The van der Waals surface area contributed by atoms with Crippen LogP contribution in [0.3, 0.4) is 0 Å². The summed E-state index contributed by atoms with van der Waals surface area (Å²) in [7, 11) is 0. The number of hydrogen-bond donors (Lipinski definition) is 2. The number of nitrogens with zero attached hydrogens (tertiary/aromatic N) is 1. The van der Waals surface area contributed by atoms with E-state index in [0.717, 1.165) is 29.6 Å². The van der Waals surface area contributed by atoms with Crippen molar-refractivity contribution in [2.24, 2.45) is 0 Å². The summed E-state index contributed by atoms with van der Waals surface area (Å²) in [6.07, 6.45) is 2.18. The zero-order chi connectivity index (χ0) is 14.0. The smallest absolute Gasteiger partial charge is 0.273 e. The highest BCUT2D eigenvalue weighted by atomic mass is 79.9. The predicted octanol–water partition coefficient (Wildman–Crippen LogP) is 2.59. The second-order valence-electron chi connectivity index (χ2n) is 5.27. The van der Waals surface area contributed by atoms with Crippen LogP contribution in [0.2, 0.25) is 0 Å². The monoisotopic (exact) mass is 329 g/mol. The SMILES string of the molecule is CC(C)c1[nH]nc(C(=O)NC(C)C2CCCO2)c1Br. The van der Waals surface area contributed by atoms with Crippen molar-refractivity contribution in [3.05, 3.63) is 15.9 Å². The molecule has 0 aromatic carbocycles. The van der Waals surface area contributed by atoms with E-state index in [4.69, 9.17) is 4.74 Å². The molecule has 1 aliphatic rings. The number of ether oxygens (including phenoxy) is 1. The van der Waals surface area contributed by atoms with Crippen LogP contribution in [0.4, 0.5) is 0 Å². The summed E-state index contributed by atoms with van der Waals surface area (Å²) in [5.41, 5.74) is 1.35. The number of H-pyrrole nitrogens is 1. The molecule has 106 valence electrons. The Morgan fingerprint density at radius 2 is 2.26 bits per heavy atom. The second kappa shape index (κ2) is 6.05. The predicted molar refractivity (Wildman–Crippen MR) is 76.3 cm³/mol. The maximum Gasteiger partial charge on any atom is 0.273 e. The zero-order valence-corrected chi connectivity index (χ0v) is 13.1. The highest BCUT2D eigenvalue weighted by Crippen LogP contribution is 2.25. The first-order chi connectivity index (χ1) is 9.00. The Labute approximate surface area is 121 Å². The number of hydrogen-bond acceptors (Lipinski definition) is 3. The minimum Gasteiger partial charge on any atom is -0.376 e. The number of nitrogens with one attached hydrogen (secondary N) is 2. The summed E-state index contributed by atoms with van der Waals surface area (Å²) in [4.78, 5) is 12.2. The molecule has 19 heavy (non-hydrogen) atoms. The van der Waals surface area contributed by atoms with E-state index in [1.807, 2.05) is 6.92 Å². The van der Waals surface area contributed by atoms with Crippen molar-refractivity contribution < 1.29 is 9.53 Å². The molecule has 2 unspecified atom stereocenters. The molecule has 1 aromatic heterocycles. The van der Waals surface area contributed by atoms with Gasteiger partial charge < -0.3 is 10.1 Å². The van der Waals surface area contributed by atoms with E-state index in [9.17, 15) is 4.79 Å². The molecule has 2 rings (SSSR count). The van der Waals surface area contributed by atoms with Gasteiger partial charge in [-0.05, 0) is 41.6 Å². The van der Waals surface area contributed by atoms with Gasteiger partial charge in [0, 0.05) is 6.61 Å². The van der Waals surface area contributed by atoms with Crippen LogP contribution in [-0.4, -0.2) is 34.9 Å². The van der Waals surface area contributed by atoms with Gasteiger partial charge in [-0.1, -0.05) is 13.8 Å². The van der Waals surface area contributed by atoms with Crippen LogP contribution in [0, 0.1) is 0 Å². The number of amides is 1. The van der Waals surface area contributed by atoms with Crippen molar-refractivity contribution in [3.63, 3.8) is 0 Å². The van der Waals surface area contributed by atoms with E-state index in [0.29, 0.717) is 11.6 Å². The van der Waals surface area contributed by atoms with E-state index >= 15 is 0 Å². The third-order valence-electron chi connectivity index (χ3n) is 3.41. The molecule has 0 aliphatic carbocycles. The molecule has 1 aromatic rings. The normalized spacial score (nSPS) is 20.8. The minimum absolute atomic E-state index is 0.00102. The average molecular weight is 330 g/mol. The number of halogens is 1. The van der Waals surface area contributed by atoms with E-state index in [2.05, 4.69) is 45.3 Å². The fraction of sp³-hybridized carbons (Fsp3) is 0.692. The summed E-state index contributed by atoms with van der Waals surface area (Å²) in [6, 6.07) is 0.00102. The molecule has 5 nitrogen and oxygen atoms in total. The van der Waals surface area contributed by atoms with Crippen molar-refractivity contribution in [1.29, 1.82) is 0 Å². The maximum absolute atomic E-state index is 12.2. The first-order valence-electron chi connectivity index (χ1n) is 6.67. The molecule has 2 N–H and O–H groups in total. The molecule has 1 saturated heterocycles. The number of aromatic nitrogens is 2. The lowest BCUT2D eigenvalue weighted by Crippen LogP contribution is -2.41. The first-order valence-corrected chi connectivity index (χ1v) is 7.46. The average Bonchev–Trinajstić information content (AvgIpc) is 2.96. The molecule has 1 fully saturated rings. The van der Waals surface area contributed by atoms with Gasteiger partial charge in [0.1, 0.15) is 0 Å². The molecular formula is C13H20BrN3O2. The highest BCUT2D eigenvalue weighted by molar-refractivity contribution is 9.10. The molecule has 2 heterocycles. The highest BCUT2D eigenvalue weighted by Gasteiger charge is 2.26. The lowest BCUT2D eigenvalue weighted by Gasteiger charge is -2.19. The second-order valence-corrected chi connectivity index (χ2v) is 6.06. The molecule has 0 saturated carbocycles. The van der Waals surface area contributed by atoms with Crippen LogP contribution < -0.4 is 5.32 Å². The van der Waals surface area contributed by atoms with E-state index in [1.54, 1.807) is 0 Å².